The van der Waals surface area contributed by atoms with Crippen LogP contribution in [0.25, 0.3) is 61.0 Å². The fourth-order valence-electron chi connectivity index (χ4n) is 13.0. The second-order valence-corrected chi connectivity index (χ2v) is 29.4. The maximum atomic E-state index is 7.69. The number of aromatic nitrogens is 2. The average molecular weight is 1300 g/mol. The third-order valence-electron chi connectivity index (χ3n) is 17.3. The summed E-state index contributed by atoms with van der Waals surface area (Å²) in [7, 11) is -3.18. The second kappa shape index (κ2) is 21.2. The summed E-state index contributed by atoms with van der Waals surface area (Å²) >= 11 is 0. The summed E-state index contributed by atoms with van der Waals surface area (Å²) in [6.45, 7) is 22.9. The van der Waals surface area contributed by atoms with E-state index in [2.05, 4.69) is 320 Å². The summed E-state index contributed by atoms with van der Waals surface area (Å²) in [5, 5.41) is 7.33. The third kappa shape index (κ3) is 9.37. The number of rotatable bonds is 9. The van der Waals surface area contributed by atoms with Crippen LogP contribution in [-0.2, 0) is 37.3 Å². The predicted molar refractivity (Wildman–Crippen MR) is 354 cm³/mol. The Morgan fingerprint density at radius 2 is 1.04 bits per heavy atom. The van der Waals surface area contributed by atoms with Crippen LogP contribution in [0.15, 0.2) is 237 Å². The molecule has 5 nitrogen and oxygen atoms in total. The van der Waals surface area contributed by atoms with Gasteiger partial charge in [0, 0.05) is 72.5 Å². The fourth-order valence-corrected chi connectivity index (χ4v) is 18.3. The molecule has 12 aromatic rings. The zero-order valence-corrected chi connectivity index (χ0v) is 52.9. The standard InChI is InChI=1S/C78H67N4OSi.Pt/c1-76(2,3)54-43-44-79-71(48-54)82-65-39-21-19-35-63(65)72-68(82)50-69(75-73(72)64-36-20-24-42-70(64)84(75,59-31-15-11-16-32-59)60-33-17-12-18-34-60)83-58-30-25-29-57(49-58)80-51-81(67-41-23-22-40-66(67)80)74-61(52-27-13-10-14-28-52)37-26-38-62(74)53-45-55(77(4,5)6)47-56(46-53)78(7,8)9;/h10-48,51H,1-9H3;/q-3;. The van der Waals surface area contributed by atoms with Crippen molar-refractivity contribution in [2.24, 2.45) is 0 Å². The Labute approximate surface area is 516 Å². The van der Waals surface area contributed by atoms with E-state index in [1.807, 2.05) is 12.3 Å². The molecule has 0 N–H and O–H groups in total. The van der Waals surface area contributed by atoms with Gasteiger partial charge in [0.25, 0.3) is 0 Å². The Balaban J connectivity index is 0.00000672. The molecular weight excluding hydrogens is 1230 g/mol. The molecule has 10 aromatic carbocycles. The maximum Gasteiger partial charge on any atom is 0.135 e. The zero-order chi connectivity index (χ0) is 57.7. The molecule has 85 heavy (non-hydrogen) atoms. The van der Waals surface area contributed by atoms with Crippen molar-refractivity contribution in [1.29, 1.82) is 0 Å². The first-order chi connectivity index (χ1) is 40.6. The minimum Gasteiger partial charge on any atom is -0.509 e. The van der Waals surface area contributed by atoms with Crippen LogP contribution in [-0.4, -0.2) is 17.6 Å². The van der Waals surface area contributed by atoms with Gasteiger partial charge in [-0.05, 0) is 85.3 Å². The fraction of sp³-hybridized carbons (Fsp3) is 0.154. The molecule has 0 atom stereocenters. The molecule has 4 heterocycles. The number of para-hydroxylation sites is 4. The van der Waals surface area contributed by atoms with Crippen LogP contribution in [0, 0.1) is 18.8 Å². The number of ether oxygens (including phenoxy) is 1. The number of anilines is 4. The van der Waals surface area contributed by atoms with Gasteiger partial charge in [-0.3, -0.25) is 0 Å². The van der Waals surface area contributed by atoms with E-state index in [1.54, 1.807) is 0 Å². The summed E-state index contributed by atoms with van der Waals surface area (Å²) in [5.74, 6) is 2.11. The van der Waals surface area contributed by atoms with Crippen molar-refractivity contribution in [3.63, 3.8) is 0 Å². The Hall–Kier alpha value is -8.54. The van der Waals surface area contributed by atoms with E-state index in [0.717, 1.165) is 67.1 Å². The van der Waals surface area contributed by atoms with Crippen LogP contribution in [0.3, 0.4) is 0 Å². The number of fused-ring (bicyclic) bond motifs is 8. The van der Waals surface area contributed by atoms with Gasteiger partial charge in [-0.2, -0.15) is 6.07 Å². The molecular formula is C78H67N4OPtSi-3. The van der Waals surface area contributed by atoms with Gasteiger partial charge in [0.2, 0.25) is 0 Å². The number of nitrogens with zero attached hydrogens (tertiary/aromatic N) is 4. The molecule has 0 spiro atoms. The summed E-state index contributed by atoms with van der Waals surface area (Å²) < 4.78 is 9.99. The minimum atomic E-state index is -3.18. The molecule has 0 fully saturated rings. The number of hydrogen-bond acceptors (Lipinski definition) is 4. The van der Waals surface area contributed by atoms with Crippen LogP contribution >= 0.6 is 0 Å². The Bertz CT molecular complexity index is 4440. The van der Waals surface area contributed by atoms with Crippen LogP contribution < -0.4 is 35.3 Å². The first kappa shape index (κ1) is 55.6. The second-order valence-electron chi connectivity index (χ2n) is 25.7. The van der Waals surface area contributed by atoms with Crippen molar-refractivity contribution in [2.45, 2.75) is 78.6 Å². The van der Waals surface area contributed by atoms with Gasteiger partial charge < -0.3 is 19.1 Å². The summed E-state index contributed by atoms with van der Waals surface area (Å²) in [6.07, 6.45) is 1.95. The molecule has 0 bridgehead atoms. The monoisotopic (exact) mass is 1300 g/mol. The molecule has 0 unspecified atom stereocenters. The maximum absolute atomic E-state index is 7.69. The van der Waals surface area contributed by atoms with E-state index < -0.39 is 8.07 Å². The van der Waals surface area contributed by atoms with Gasteiger partial charge in [0.05, 0.1) is 0 Å². The number of benzene rings is 10. The Kier molecular flexibility index (Phi) is 13.9. The molecule has 0 amide bonds. The van der Waals surface area contributed by atoms with Gasteiger partial charge in [-0.25, -0.2) is 4.98 Å². The Morgan fingerprint density at radius 3 is 1.69 bits per heavy atom. The molecule has 2 aliphatic rings. The van der Waals surface area contributed by atoms with Gasteiger partial charge in [-0.1, -0.05) is 276 Å². The Morgan fingerprint density at radius 1 is 0.482 bits per heavy atom. The number of pyridine rings is 1. The predicted octanol–water partition coefficient (Wildman–Crippen LogP) is 17.6. The SMILES string of the molecule is CC(C)(C)c1cc(-c2cccc(-c3ccccc3)c2N2[CH-]N(c3[c-]c(Oc4[c-]c5c(c6c4[Si](c4ccccc4)(c4ccccc4)c4ccccc4-6)c4ccccc4n5-c4cc(C(C)(C)C)ccn4)ccc3)c3ccccc32)cc(C(C)(C)C)c1.[Pt]. The molecule has 0 saturated carbocycles. The van der Waals surface area contributed by atoms with E-state index in [4.69, 9.17) is 9.72 Å². The normalized spacial score (nSPS) is 13.6. The van der Waals surface area contributed by atoms with Crippen molar-refractivity contribution in [3.05, 3.63) is 272 Å². The van der Waals surface area contributed by atoms with Crippen molar-refractivity contribution in [1.82, 2.24) is 9.55 Å². The minimum absolute atomic E-state index is 0. The van der Waals surface area contributed by atoms with Crippen molar-refractivity contribution in [3.8, 4) is 50.7 Å². The summed E-state index contributed by atoms with van der Waals surface area (Å²) in [5.41, 5.74) is 16.7. The van der Waals surface area contributed by atoms with Crippen LogP contribution in [0.1, 0.15) is 79.0 Å². The molecule has 2 aromatic heterocycles. The molecule has 422 valence electrons. The van der Waals surface area contributed by atoms with E-state index in [9.17, 15) is 0 Å². The van der Waals surface area contributed by atoms with Gasteiger partial charge in [0.1, 0.15) is 13.9 Å². The zero-order valence-electron chi connectivity index (χ0n) is 49.6. The first-order valence-electron chi connectivity index (χ1n) is 29.4. The van der Waals surface area contributed by atoms with E-state index >= 15 is 0 Å². The van der Waals surface area contributed by atoms with Crippen molar-refractivity contribution >= 4 is 73.4 Å². The van der Waals surface area contributed by atoms with E-state index in [1.165, 1.54) is 54.1 Å². The van der Waals surface area contributed by atoms with Gasteiger partial charge >= 0.3 is 0 Å². The smallest absolute Gasteiger partial charge is 0.135 e. The molecule has 2 aliphatic heterocycles. The van der Waals surface area contributed by atoms with Gasteiger partial charge in [0.15, 0.2) is 0 Å². The summed E-state index contributed by atoms with van der Waals surface area (Å²) in [4.78, 5) is 9.80. The van der Waals surface area contributed by atoms with Gasteiger partial charge in [-0.15, -0.1) is 42.2 Å². The largest absolute Gasteiger partial charge is 0.509 e. The van der Waals surface area contributed by atoms with Crippen molar-refractivity contribution < 1.29 is 25.8 Å². The molecule has 14 rings (SSSR count). The molecule has 0 radical (unpaired) electrons. The van der Waals surface area contributed by atoms with Crippen LogP contribution in [0.2, 0.25) is 0 Å². The number of hydrogen-bond donors (Lipinski definition) is 0. The molecule has 7 heteroatoms. The molecule has 0 saturated heterocycles. The summed E-state index contributed by atoms with van der Waals surface area (Å²) in [6, 6.07) is 92.4. The third-order valence-corrected chi connectivity index (χ3v) is 22.1. The topological polar surface area (TPSA) is 33.5 Å². The molecule has 0 aliphatic carbocycles. The van der Waals surface area contributed by atoms with Crippen LogP contribution in [0.5, 0.6) is 11.5 Å². The average Bonchev–Trinajstić information content (AvgIpc) is 1.55. The van der Waals surface area contributed by atoms with Crippen LogP contribution in [0.4, 0.5) is 22.7 Å². The first-order valence-corrected chi connectivity index (χ1v) is 31.4. The van der Waals surface area contributed by atoms with E-state index in [-0.39, 0.29) is 37.3 Å². The quantitative estimate of drug-likeness (QED) is 0.107. The van der Waals surface area contributed by atoms with Crippen molar-refractivity contribution in [2.75, 3.05) is 9.80 Å². The van der Waals surface area contributed by atoms with E-state index in [0.29, 0.717) is 11.5 Å².